The highest BCUT2D eigenvalue weighted by Crippen LogP contribution is 2.31. The summed E-state index contributed by atoms with van der Waals surface area (Å²) in [5.74, 6) is 0.183. The number of hydrogen-bond acceptors (Lipinski definition) is 5. The van der Waals surface area contributed by atoms with Crippen LogP contribution in [0.3, 0.4) is 0 Å². The van der Waals surface area contributed by atoms with Crippen molar-refractivity contribution in [1.29, 1.82) is 0 Å². The first-order valence-corrected chi connectivity index (χ1v) is 8.29. The van der Waals surface area contributed by atoms with Gasteiger partial charge in [-0.2, -0.15) is 0 Å². The van der Waals surface area contributed by atoms with Crippen molar-refractivity contribution < 1.29 is 23.8 Å². The molecule has 0 fully saturated rings. The number of Topliss-reactive ketones (excluding diaryl/α,β-unsaturated/α-hetero) is 1. The van der Waals surface area contributed by atoms with Crippen molar-refractivity contribution in [2.24, 2.45) is 0 Å². The molecule has 0 atom stereocenters. The molecule has 0 bridgehead atoms. The van der Waals surface area contributed by atoms with Crippen LogP contribution in [0.15, 0.2) is 54.7 Å². The van der Waals surface area contributed by atoms with Crippen LogP contribution in [0.1, 0.15) is 15.9 Å². The van der Waals surface area contributed by atoms with Gasteiger partial charge in [0.25, 0.3) is 0 Å². The summed E-state index contributed by atoms with van der Waals surface area (Å²) in [6.45, 7) is -0.333. The van der Waals surface area contributed by atoms with Gasteiger partial charge >= 0.3 is 5.97 Å². The number of aromatic nitrogens is 1. The second-order valence-corrected chi connectivity index (χ2v) is 5.69. The van der Waals surface area contributed by atoms with Gasteiger partial charge in [0.05, 0.1) is 14.2 Å². The Bertz CT molecular complexity index is 1000. The summed E-state index contributed by atoms with van der Waals surface area (Å²) in [7, 11) is 3.06. The maximum Gasteiger partial charge on any atom is 0.331 e. The number of fused-ring (bicyclic) bond motifs is 1. The quantitative estimate of drug-likeness (QED) is 0.393. The molecule has 6 nitrogen and oxygen atoms in total. The van der Waals surface area contributed by atoms with Crippen molar-refractivity contribution in [1.82, 2.24) is 4.98 Å². The molecule has 6 heteroatoms. The second-order valence-electron chi connectivity index (χ2n) is 5.69. The Hall–Kier alpha value is -3.54. The van der Waals surface area contributed by atoms with Gasteiger partial charge in [0.1, 0.15) is 0 Å². The van der Waals surface area contributed by atoms with Crippen LogP contribution >= 0.6 is 0 Å². The van der Waals surface area contributed by atoms with E-state index in [-0.39, 0.29) is 12.4 Å². The Morgan fingerprint density at radius 1 is 1.04 bits per heavy atom. The topological polar surface area (TPSA) is 77.6 Å². The molecule has 3 aromatic rings. The van der Waals surface area contributed by atoms with Crippen molar-refractivity contribution in [2.45, 2.75) is 0 Å². The molecular formula is C21H19NO5. The number of ether oxygens (including phenoxy) is 3. The SMILES string of the molecule is COc1cccc(/C=C/C(=O)OCC(=O)c2c[nH]c3ccccc23)c1OC. The lowest BCUT2D eigenvalue weighted by atomic mass is 10.1. The second kappa shape index (κ2) is 8.23. The van der Waals surface area contributed by atoms with E-state index in [1.165, 1.54) is 20.3 Å². The molecule has 0 amide bonds. The van der Waals surface area contributed by atoms with E-state index in [9.17, 15) is 9.59 Å². The zero-order valence-electron chi connectivity index (χ0n) is 15.0. The molecule has 0 saturated heterocycles. The molecule has 0 spiro atoms. The van der Waals surface area contributed by atoms with E-state index in [0.29, 0.717) is 22.6 Å². The molecule has 0 radical (unpaired) electrons. The van der Waals surface area contributed by atoms with E-state index in [1.807, 2.05) is 24.3 Å². The number of ketones is 1. The molecule has 0 aliphatic carbocycles. The third-order valence-electron chi connectivity index (χ3n) is 4.07. The molecule has 1 heterocycles. The number of carbonyl (C=O) groups excluding carboxylic acids is 2. The smallest absolute Gasteiger partial charge is 0.331 e. The van der Waals surface area contributed by atoms with Crippen LogP contribution in [0.4, 0.5) is 0 Å². The van der Waals surface area contributed by atoms with Crippen LogP contribution in [0.5, 0.6) is 11.5 Å². The van der Waals surface area contributed by atoms with Crippen molar-refractivity contribution in [3.63, 3.8) is 0 Å². The fourth-order valence-corrected chi connectivity index (χ4v) is 2.77. The predicted octanol–water partition coefficient (Wildman–Crippen LogP) is 3.62. The number of aromatic amines is 1. The Labute approximate surface area is 156 Å². The first-order chi connectivity index (χ1) is 13.1. The van der Waals surface area contributed by atoms with Gasteiger partial charge in [0.15, 0.2) is 18.1 Å². The summed E-state index contributed by atoms with van der Waals surface area (Å²) < 4.78 is 15.6. The van der Waals surface area contributed by atoms with Gasteiger partial charge in [-0.15, -0.1) is 0 Å². The van der Waals surface area contributed by atoms with Gasteiger partial charge in [-0.1, -0.05) is 30.3 Å². The van der Waals surface area contributed by atoms with Crippen LogP contribution < -0.4 is 9.47 Å². The predicted molar refractivity (Wildman–Crippen MR) is 102 cm³/mol. The lowest BCUT2D eigenvalue weighted by molar-refractivity contribution is -0.136. The average molecular weight is 365 g/mol. The van der Waals surface area contributed by atoms with Crippen molar-refractivity contribution >= 4 is 28.7 Å². The van der Waals surface area contributed by atoms with E-state index in [0.717, 1.165) is 10.9 Å². The standard InChI is InChI=1S/C21H19NO5/c1-25-19-9-5-6-14(21(19)26-2)10-11-20(24)27-13-18(23)16-12-22-17-8-4-3-7-15(16)17/h3-12,22H,13H2,1-2H3/b11-10+. The number of carbonyl (C=O) groups is 2. The molecular weight excluding hydrogens is 346 g/mol. The Balaban J connectivity index is 1.65. The molecule has 0 aliphatic heterocycles. The molecule has 1 aromatic heterocycles. The largest absolute Gasteiger partial charge is 0.493 e. The number of benzene rings is 2. The number of rotatable bonds is 7. The highest BCUT2D eigenvalue weighted by Gasteiger charge is 2.13. The molecule has 138 valence electrons. The summed E-state index contributed by atoms with van der Waals surface area (Å²) in [5.41, 5.74) is 2.02. The first kappa shape index (κ1) is 18.3. The van der Waals surface area contributed by atoms with Crippen molar-refractivity contribution in [3.8, 4) is 11.5 Å². The van der Waals surface area contributed by atoms with E-state index in [1.54, 1.807) is 30.5 Å². The lowest BCUT2D eigenvalue weighted by Crippen LogP contribution is -2.12. The Morgan fingerprint density at radius 2 is 1.85 bits per heavy atom. The first-order valence-electron chi connectivity index (χ1n) is 8.29. The maximum absolute atomic E-state index is 12.3. The molecule has 1 N–H and O–H groups in total. The fourth-order valence-electron chi connectivity index (χ4n) is 2.77. The summed E-state index contributed by atoms with van der Waals surface area (Å²) in [5, 5.41) is 0.801. The third kappa shape index (κ3) is 4.00. The molecule has 0 unspecified atom stereocenters. The number of hydrogen-bond donors (Lipinski definition) is 1. The monoisotopic (exact) mass is 365 g/mol. The van der Waals surface area contributed by atoms with Gasteiger partial charge in [-0.05, 0) is 18.2 Å². The van der Waals surface area contributed by atoms with Crippen LogP contribution in [0.25, 0.3) is 17.0 Å². The van der Waals surface area contributed by atoms with Gasteiger partial charge in [-0.3, -0.25) is 4.79 Å². The minimum absolute atomic E-state index is 0.270. The minimum Gasteiger partial charge on any atom is -0.493 e. The van der Waals surface area contributed by atoms with Crippen LogP contribution in [0.2, 0.25) is 0 Å². The summed E-state index contributed by atoms with van der Waals surface area (Å²) >= 11 is 0. The van der Waals surface area contributed by atoms with E-state index < -0.39 is 5.97 Å². The Morgan fingerprint density at radius 3 is 2.63 bits per heavy atom. The van der Waals surface area contributed by atoms with Crippen LogP contribution in [-0.2, 0) is 9.53 Å². The zero-order valence-corrected chi connectivity index (χ0v) is 15.0. The van der Waals surface area contributed by atoms with E-state index in [2.05, 4.69) is 4.98 Å². The van der Waals surface area contributed by atoms with E-state index in [4.69, 9.17) is 14.2 Å². The molecule has 3 rings (SSSR count). The third-order valence-corrected chi connectivity index (χ3v) is 4.07. The normalized spacial score (nSPS) is 10.9. The summed E-state index contributed by atoms with van der Waals surface area (Å²) in [4.78, 5) is 27.3. The number of nitrogens with one attached hydrogen (secondary N) is 1. The van der Waals surface area contributed by atoms with Gasteiger partial charge in [-0.25, -0.2) is 4.79 Å². The lowest BCUT2D eigenvalue weighted by Gasteiger charge is -2.09. The Kier molecular flexibility index (Phi) is 5.56. The highest BCUT2D eigenvalue weighted by molar-refractivity contribution is 6.09. The highest BCUT2D eigenvalue weighted by atomic mass is 16.5. The van der Waals surface area contributed by atoms with Crippen molar-refractivity contribution in [3.05, 3.63) is 65.9 Å². The van der Waals surface area contributed by atoms with Crippen molar-refractivity contribution in [2.75, 3.05) is 20.8 Å². The van der Waals surface area contributed by atoms with Gasteiger partial charge < -0.3 is 19.2 Å². The maximum atomic E-state index is 12.3. The number of para-hydroxylation sites is 2. The van der Waals surface area contributed by atoms with Gasteiger partial charge in [0, 0.05) is 34.3 Å². The minimum atomic E-state index is -0.618. The van der Waals surface area contributed by atoms with E-state index >= 15 is 0 Å². The van der Waals surface area contributed by atoms with Crippen LogP contribution in [0, 0.1) is 0 Å². The average Bonchev–Trinajstić information content (AvgIpc) is 3.14. The zero-order chi connectivity index (χ0) is 19.2. The van der Waals surface area contributed by atoms with Gasteiger partial charge in [0.2, 0.25) is 5.78 Å². The molecule has 27 heavy (non-hydrogen) atoms. The number of H-pyrrole nitrogens is 1. The molecule has 2 aromatic carbocycles. The molecule has 0 saturated carbocycles. The number of methoxy groups -OCH3 is 2. The molecule has 0 aliphatic rings. The number of esters is 1. The fraction of sp³-hybridized carbons (Fsp3) is 0.143. The summed E-state index contributed by atoms with van der Waals surface area (Å²) in [6, 6.07) is 12.8. The van der Waals surface area contributed by atoms with Crippen LogP contribution in [-0.4, -0.2) is 37.6 Å². The summed E-state index contributed by atoms with van der Waals surface area (Å²) in [6.07, 6.45) is 4.43.